The quantitative estimate of drug-likeness (QED) is 0.797. The second-order valence-electron chi connectivity index (χ2n) is 5.54. The molecule has 0 fully saturated rings. The highest BCUT2D eigenvalue weighted by Gasteiger charge is 2.20. The van der Waals surface area contributed by atoms with Gasteiger partial charge in [0.25, 0.3) is 0 Å². The molecule has 112 valence electrons. The molecule has 0 aliphatic heterocycles. The van der Waals surface area contributed by atoms with Crippen molar-refractivity contribution in [3.63, 3.8) is 0 Å². The van der Waals surface area contributed by atoms with Crippen molar-refractivity contribution in [3.05, 3.63) is 75.8 Å². The Morgan fingerprint density at radius 1 is 1.18 bits per heavy atom. The van der Waals surface area contributed by atoms with Gasteiger partial charge in [-0.3, -0.25) is 4.79 Å². The molecular formula is C19H18BrNO. The second-order valence-corrected chi connectivity index (χ2v) is 6.46. The van der Waals surface area contributed by atoms with Gasteiger partial charge in [-0.15, -0.1) is 0 Å². The molecule has 3 rings (SSSR count). The fourth-order valence-electron chi connectivity index (χ4n) is 2.91. The van der Waals surface area contributed by atoms with Gasteiger partial charge in [0, 0.05) is 10.5 Å². The van der Waals surface area contributed by atoms with E-state index in [0.29, 0.717) is 0 Å². The molecule has 0 radical (unpaired) electrons. The molecule has 2 nitrogen and oxygen atoms in total. The summed E-state index contributed by atoms with van der Waals surface area (Å²) < 4.78 is 1.01. The number of hydrogen-bond donors (Lipinski definition) is 1. The van der Waals surface area contributed by atoms with Crippen LogP contribution in [0.5, 0.6) is 0 Å². The fraction of sp³-hybridized carbons (Fsp3) is 0.211. The highest BCUT2D eigenvalue weighted by atomic mass is 79.9. The molecule has 1 atom stereocenters. The van der Waals surface area contributed by atoms with Gasteiger partial charge < -0.3 is 5.32 Å². The minimum atomic E-state index is -0.0401. The van der Waals surface area contributed by atoms with Crippen LogP contribution in [-0.2, 0) is 11.2 Å². The van der Waals surface area contributed by atoms with Gasteiger partial charge >= 0.3 is 0 Å². The lowest BCUT2D eigenvalue weighted by molar-refractivity contribution is -0.117. The molecule has 0 unspecified atom stereocenters. The standard InChI is InChI=1S/C19H18BrNO/c20-16-8-3-5-14(13-16)11-12-19(22)21-18-10-4-7-15-6-1-2-9-17(15)18/h1-3,5-6,8-9,11-13,18H,4,7,10H2,(H,21,22)/b12-11+/t18-/m0/s1. The van der Waals surface area contributed by atoms with Crippen LogP contribution in [0.1, 0.15) is 35.6 Å². The minimum Gasteiger partial charge on any atom is -0.346 e. The summed E-state index contributed by atoms with van der Waals surface area (Å²) in [5, 5.41) is 3.12. The lowest BCUT2D eigenvalue weighted by atomic mass is 9.88. The number of amides is 1. The van der Waals surface area contributed by atoms with Crippen molar-refractivity contribution < 1.29 is 4.79 Å². The van der Waals surface area contributed by atoms with Crippen molar-refractivity contribution in [2.45, 2.75) is 25.3 Å². The molecule has 0 heterocycles. The molecule has 0 spiro atoms. The topological polar surface area (TPSA) is 29.1 Å². The maximum Gasteiger partial charge on any atom is 0.244 e. The van der Waals surface area contributed by atoms with Crippen LogP contribution in [0.4, 0.5) is 0 Å². The summed E-state index contributed by atoms with van der Waals surface area (Å²) in [6.07, 6.45) is 6.69. The molecule has 2 aromatic carbocycles. The van der Waals surface area contributed by atoms with Gasteiger partial charge in [-0.25, -0.2) is 0 Å². The van der Waals surface area contributed by atoms with Crippen LogP contribution in [0.3, 0.4) is 0 Å². The maximum atomic E-state index is 12.2. The van der Waals surface area contributed by atoms with Crippen LogP contribution < -0.4 is 5.32 Å². The third-order valence-corrected chi connectivity index (χ3v) is 4.45. The number of aryl methyl sites for hydroxylation is 1. The monoisotopic (exact) mass is 355 g/mol. The Morgan fingerprint density at radius 2 is 2.05 bits per heavy atom. The van der Waals surface area contributed by atoms with Crippen molar-refractivity contribution in [2.75, 3.05) is 0 Å². The molecule has 0 saturated heterocycles. The largest absolute Gasteiger partial charge is 0.346 e. The molecule has 0 aromatic heterocycles. The van der Waals surface area contributed by atoms with E-state index in [2.05, 4.69) is 39.4 Å². The molecule has 0 saturated carbocycles. The lowest BCUT2D eigenvalue weighted by Crippen LogP contribution is -2.29. The number of benzene rings is 2. The van der Waals surface area contributed by atoms with Gasteiger partial charge in [-0.2, -0.15) is 0 Å². The number of carbonyl (C=O) groups excluding carboxylic acids is 1. The first-order valence-electron chi connectivity index (χ1n) is 7.54. The molecular weight excluding hydrogens is 338 g/mol. The van der Waals surface area contributed by atoms with Gasteiger partial charge in [0.15, 0.2) is 0 Å². The van der Waals surface area contributed by atoms with Gasteiger partial charge in [-0.05, 0) is 54.2 Å². The molecule has 22 heavy (non-hydrogen) atoms. The fourth-order valence-corrected chi connectivity index (χ4v) is 3.32. The Morgan fingerprint density at radius 3 is 2.91 bits per heavy atom. The summed E-state index contributed by atoms with van der Waals surface area (Å²) >= 11 is 3.43. The number of carbonyl (C=O) groups is 1. The van der Waals surface area contributed by atoms with Gasteiger partial charge in [0.1, 0.15) is 0 Å². The van der Waals surface area contributed by atoms with Gasteiger partial charge in [0.2, 0.25) is 5.91 Å². The number of fused-ring (bicyclic) bond motifs is 1. The Labute approximate surface area is 139 Å². The summed E-state index contributed by atoms with van der Waals surface area (Å²) in [6.45, 7) is 0. The molecule has 1 aliphatic carbocycles. The van der Waals surface area contributed by atoms with Gasteiger partial charge in [-0.1, -0.05) is 52.3 Å². The van der Waals surface area contributed by atoms with Crippen LogP contribution in [0, 0.1) is 0 Å². The first kappa shape index (κ1) is 15.0. The average Bonchev–Trinajstić information content (AvgIpc) is 2.53. The Balaban J connectivity index is 1.68. The van der Waals surface area contributed by atoms with E-state index in [1.165, 1.54) is 11.1 Å². The number of rotatable bonds is 3. The number of hydrogen-bond acceptors (Lipinski definition) is 1. The smallest absolute Gasteiger partial charge is 0.244 e. The molecule has 0 bridgehead atoms. The van der Waals surface area contributed by atoms with Crippen LogP contribution in [0.15, 0.2) is 59.1 Å². The number of halogens is 1. The predicted octanol–water partition coefficient (Wildman–Crippen LogP) is 4.66. The SMILES string of the molecule is O=C(/C=C/c1cccc(Br)c1)N[C@H]1CCCc2ccccc21. The molecule has 3 heteroatoms. The van der Waals surface area contributed by atoms with E-state index in [1.54, 1.807) is 6.08 Å². The Bertz CT molecular complexity index is 708. The lowest BCUT2D eigenvalue weighted by Gasteiger charge is -2.25. The zero-order valence-electron chi connectivity index (χ0n) is 12.3. The zero-order chi connectivity index (χ0) is 15.4. The van der Waals surface area contributed by atoms with Crippen LogP contribution in [0.2, 0.25) is 0 Å². The summed E-state index contributed by atoms with van der Waals surface area (Å²) in [5.74, 6) is -0.0401. The molecule has 1 amide bonds. The van der Waals surface area contributed by atoms with E-state index >= 15 is 0 Å². The van der Waals surface area contributed by atoms with Crippen molar-refractivity contribution in [1.29, 1.82) is 0 Å². The van der Waals surface area contributed by atoms with Crippen molar-refractivity contribution >= 4 is 27.9 Å². The summed E-state index contributed by atoms with van der Waals surface area (Å²) in [4.78, 5) is 12.2. The van der Waals surface area contributed by atoms with Crippen molar-refractivity contribution in [2.24, 2.45) is 0 Å². The highest BCUT2D eigenvalue weighted by molar-refractivity contribution is 9.10. The second kappa shape index (κ2) is 6.93. The van der Waals surface area contributed by atoms with E-state index in [-0.39, 0.29) is 11.9 Å². The van der Waals surface area contributed by atoms with Crippen molar-refractivity contribution in [3.8, 4) is 0 Å². The molecule has 2 aromatic rings. The molecule has 1 N–H and O–H groups in total. The van der Waals surface area contributed by atoms with Gasteiger partial charge in [0.05, 0.1) is 6.04 Å². The zero-order valence-corrected chi connectivity index (χ0v) is 13.8. The molecule has 1 aliphatic rings. The van der Waals surface area contributed by atoms with E-state index < -0.39 is 0 Å². The normalized spacial score (nSPS) is 17.2. The Kier molecular flexibility index (Phi) is 4.74. The van der Waals surface area contributed by atoms with E-state index in [4.69, 9.17) is 0 Å². The highest BCUT2D eigenvalue weighted by Crippen LogP contribution is 2.29. The summed E-state index contributed by atoms with van der Waals surface area (Å²) in [7, 11) is 0. The third-order valence-electron chi connectivity index (χ3n) is 3.96. The summed E-state index contributed by atoms with van der Waals surface area (Å²) in [5.41, 5.74) is 3.63. The van der Waals surface area contributed by atoms with Crippen LogP contribution in [-0.4, -0.2) is 5.91 Å². The average molecular weight is 356 g/mol. The Hall–Kier alpha value is -1.87. The first-order valence-corrected chi connectivity index (χ1v) is 8.33. The van der Waals surface area contributed by atoms with Crippen LogP contribution >= 0.6 is 15.9 Å². The first-order chi connectivity index (χ1) is 10.7. The predicted molar refractivity (Wildman–Crippen MR) is 93.4 cm³/mol. The maximum absolute atomic E-state index is 12.2. The van der Waals surface area contributed by atoms with E-state index in [1.807, 2.05) is 36.4 Å². The van der Waals surface area contributed by atoms with Crippen LogP contribution in [0.25, 0.3) is 6.08 Å². The van der Waals surface area contributed by atoms with E-state index in [9.17, 15) is 4.79 Å². The number of nitrogens with one attached hydrogen (secondary N) is 1. The minimum absolute atomic E-state index is 0.0401. The third kappa shape index (κ3) is 3.66. The van der Waals surface area contributed by atoms with Crippen molar-refractivity contribution in [1.82, 2.24) is 5.32 Å². The van der Waals surface area contributed by atoms with E-state index in [0.717, 1.165) is 29.3 Å². The summed E-state index contributed by atoms with van der Waals surface area (Å²) in [6, 6.07) is 16.4.